The van der Waals surface area contributed by atoms with E-state index in [0.717, 1.165) is 55.4 Å². The number of imidazole rings is 1. The monoisotopic (exact) mass is 466 g/mol. The van der Waals surface area contributed by atoms with Gasteiger partial charge < -0.3 is 19.5 Å². The molecule has 3 aliphatic rings. The number of carbonyl (C=O) groups is 2. The largest absolute Gasteiger partial charge is 0.368 e. The fourth-order valence-electron chi connectivity index (χ4n) is 6.14. The van der Waals surface area contributed by atoms with E-state index in [4.69, 9.17) is 9.72 Å². The number of amides is 2. The first-order valence-electron chi connectivity index (χ1n) is 13.4. The number of para-hydroxylation sites is 2. The van der Waals surface area contributed by atoms with E-state index < -0.39 is 0 Å². The fourth-order valence-corrected chi connectivity index (χ4v) is 6.14. The summed E-state index contributed by atoms with van der Waals surface area (Å²) < 4.78 is 7.54. The van der Waals surface area contributed by atoms with Gasteiger partial charge in [-0.15, -0.1) is 0 Å². The Bertz CT molecular complexity index is 967. The van der Waals surface area contributed by atoms with Crippen LogP contribution in [0.3, 0.4) is 0 Å². The van der Waals surface area contributed by atoms with Crippen LogP contribution in [0.5, 0.6) is 0 Å². The van der Waals surface area contributed by atoms with Gasteiger partial charge in [-0.25, -0.2) is 4.98 Å². The topological polar surface area (TPSA) is 76.5 Å². The SMILES string of the molecule is O=C(NCc1nc2ccccc2n1CC(=O)N(C1CCCCC1)C1CCCCC1)C1CCCO1. The highest BCUT2D eigenvalue weighted by molar-refractivity contribution is 5.83. The van der Waals surface area contributed by atoms with E-state index in [1.807, 2.05) is 28.8 Å². The summed E-state index contributed by atoms with van der Waals surface area (Å²) in [5, 5.41) is 3.00. The second-order valence-electron chi connectivity index (χ2n) is 10.2. The molecule has 0 spiro atoms. The molecule has 1 unspecified atom stereocenters. The van der Waals surface area contributed by atoms with Crippen LogP contribution in [0.15, 0.2) is 24.3 Å². The maximum Gasteiger partial charge on any atom is 0.249 e. The predicted molar refractivity (Wildman–Crippen MR) is 131 cm³/mol. The van der Waals surface area contributed by atoms with Crippen molar-refractivity contribution in [2.45, 2.75) is 108 Å². The molecule has 1 saturated heterocycles. The molecule has 1 aromatic heterocycles. The van der Waals surface area contributed by atoms with E-state index in [1.54, 1.807) is 0 Å². The third kappa shape index (κ3) is 5.14. The van der Waals surface area contributed by atoms with Crippen molar-refractivity contribution in [2.24, 2.45) is 0 Å². The highest BCUT2D eigenvalue weighted by Gasteiger charge is 2.33. The predicted octanol–water partition coefficient (Wildman–Crippen LogP) is 4.33. The average molecular weight is 467 g/mol. The van der Waals surface area contributed by atoms with Gasteiger partial charge in [0.1, 0.15) is 18.5 Å². The summed E-state index contributed by atoms with van der Waals surface area (Å²) >= 11 is 0. The van der Waals surface area contributed by atoms with Gasteiger partial charge in [-0.1, -0.05) is 50.7 Å². The molecule has 184 valence electrons. The Balaban J connectivity index is 1.37. The Kier molecular flexibility index (Phi) is 7.48. The van der Waals surface area contributed by atoms with Gasteiger partial charge in [-0.05, 0) is 50.7 Å². The highest BCUT2D eigenvalue weighted by Crippen LogP contribution is 2.31. The van der Waals surface area contributed by atoms with Crippen LogP contribution < -0.4 is 5.32 Å². The lowest BCUT2D eigenvalue weighted by Crippen LogP contribution is -2.50. The number of benzene rings is 1. The highest BCUT2D eigenvalue weighted by atomic mass is 16.5. The molecule has 7 heteroatoms. The molecule has 1 N–H and O–H groups in total. The minimum atomic E-state index is -0.368. The summed E-state index contributed by atoms with van der Waals surface area (Å²) in [5.41, 5.74) is 1.81. The quantitative estimate of drug-likeness (QED) is 0.659. The van der Waals surface area contributed by atoms with Crippen LogP contribution in [-0.2, 0) is 27.4 Å². The molecule has 1 atom stereocenters. The van der Waals surface area contributed by atoms with Gasteiger partial charge in [0.15, 0.2) is 0 Å². The molecule has 2 heterocycles. The van der Waals surface area contributed by atoms with Crippen molar-refractivity contribution in [3.8, 4) is 0 Å². The lowest BCUT2D eigenvalue weighted by Gasteiger charge is -2.42. The first kappa shape index (κ1) is 23.3. The molecule has 1 aliphatic heterocycles. The molecule has 3 fully saturated rings. The maximum atomic E-state index is 13.9. The van der Waals surface area contributed by atoms with Crippen LogP contribution >= 0.6 is 0 Å². The number of ether oxygens (including phenoxy) is 1. The number of rotatable bonds is 7. The lowest BCUT2D eigenvalue weighted by molar-refractivity contribution is -0.138. The Hall–Kier alpha value is -2.41. The van der Waals surface area contributed by atoms with Crippen LogP contribution in [0.4, 0.5) is 0 Å². The summed E-state index contributed by atoms with van der Waals surface area (Å²) in [6.07, 6.45) is 13.2. The van der Waals surface area contributed by atoms with Crippen LogP contribution in [0, 0.1) is 0 Å². The van der Waals surface area contributed by atoms with Crippen LogP contribution in [0.1, 0.15) is 82.9 Å². The first-order valence-corrected chi connectivity index (χ1v) is 13.4. The van der Waals surface area contributed by atoms with E-state index in [9.17, 15) is 9.59 Å². The molecule has 2 amide bonds. The molecular formula is C27H38N4O3. The first-order chi connectivity index (χ1) is 16.7. The lowest BCUT2D eigenvalue weighted by atomic mass is 9.88. The van der Waals surface area contributed by atoms with Gasteiger partial charge in [0, 0.05) is 18.7 Å². The Labute approximate surface area is 202 Å². The van der Waals surface area contributed by atoms with E-state index in [0.29, 0.717) is 25.2 Å². The van der Waals surface area contributed by atoms with Crippen molar-refractivity contribution in [1.82, 2.24) is 19.8 Å². The summed E-state index contributed by atoms with van der Waals surface area (Å²) in [6, 6.07) is 8.67. The molecule has 2 aromatic rings. The van der Waals surface area contributed by atoms with Crippen LogP contribution in [-0.4, -0.2) is 51.1 Å². The number of nitrogens with zero attached hydrogens (tertiary/aromatic N) is 3. The zero-order valence-electron chi connectivity index (χ0n) is 20.2. The fraction of sp³-hybridized carbons (Fsp3) is 0.667. The molecule has 0 bridgehead atoms. The van der Waals surface area contributed by atoms with Crippen molar-refractivity contribution in [3.05, 3.63) is 30.1 Å². The summed E-state index contributed by atoms with van der Waals surface area (Å²) in [4.78, 5) is 33.5. The van der Waals surface area contributed by atoms with E-state index in [1.165, 1.54) is 38.5 Å². The summed E-state index contributed by atoms with van der Waals surface area (Å²) in [5.74, 6) is 0.843. The summed E-state index contributed by atoms with van der Waals surface area (Å²) in [6.45, 7) is 1.22. The average Bonchev–Trinajstić information content (AvgIpc) is 3.53. The second-order valence-corrected chi connectivity index (χ2v) is 10.2. The summed E-state index contributed by atoms with van der Waals surface area (Å²) in [7, 11) is 0. The second kappa shape index (κ2) is 10.9. The number of hydrogen-bond donors (Lipinski definition) is 1. The third-order valence-electron chi connectivity index (χ3n) is 7.89. The molecular weight excluding hydrogens is 428 g/mol. The number of hydrogen-bond acceptors (Lipinski definition) is 4. The van der Waals surface area contributed by atoms with Gasteiger partial charge in [-0.3, -0.25) is 9.59 Å². The molecule has 34 heavy (non-hydrogen) atoms. The number of nitrogens with one attached hydrogen (secondary N) is 1. The van der Waals surface area contributed by atoms with Gasteiger partial charge in [0.2, 0.25) is 11.8 Å². The van der Waals surface area contributed by atoms with Crippen molar-refractivity contribution >= 4 is 22.8 Å². The van der Waals surface area contributed by atoms with Gasteiger partial charge in [0.25, 0.3) is 0 Å². The van der Waals surface area contributed by atoms with Crippen molar-refractivity contribution < 1.29 is 14.3 Å². The molecule has 7 nitrogen and oxygen atoms in total. The third-order valence-corrected chi connectivity index (χ3v) is 7.89. The molecule has 1 aromatic carbocycles. The zero-order valence-corrected chi connectivity index (χ0v) is 20.2. The van der Waals surface area contributed by atoms with E-state index >= 15 is 0 Å². The van der Waals surface area contributed by atoms with Crippen molar-refractivity contribution in [2.75, 3.05) is 6.61 Å². The van der Waals surface area contributed by atoms with Gasteiger partial charge in [0.05, 0.1) is 17.6 Å². The van der Waals surface area contributed by atoms with Crippen molar-refractivity contribution in [1.29, 1.82) is 0 Å². The van der Waals surface area contributed by atoms with E-state index in [-0.39, 0.29) is 24.5 Å². The normalized spacial score (nSPS) is 22.2. The van der Waals surface area contributed by atoms with Crippen LogP contribution in [0.2, 0.25) is 0 Å². The number of aromatic nitrogens is 2. The van der Waals surface area contributed by atoms with Crippen molar-refractivity contribution in [3.63, 3.8) is 0 Å². The maximum absolute atomic E-state index is 13.9. The van der Waals surface area contributed by atoms with E-state index in [2.05, 4.69) is 10.2 Å². The minimum absolute atomic E-state index is 0.0894. The standard InChI is InChI=1S/C27H38N4O3/c32-26(31(20-10-3-1-4-11-20)21-12-5-2-6-13-21)19-30-23-15-8-7-14-22(23)29-25(30)18-28-27(33)24-16-9-17-34-24/h7-8,14-15,20-21,24H,1-6,9-13,16-19H2,(H,28,33). The Morgan fingerprint density at radius 3 is 2.26 bits per heavy atom. The molecule has 0 radical (unpaired) electrons. The van der Waals surface area contributed by atoms with Gasteiger partial charge in [-0.2, -0.15) is 0 Å². The Morgan fingerprint density at radius 1 is 0.941 bits per heavy atom. The smallest absolute Gasteiger partial charge is 0.249 e. The minimum Gasteiger partial charge on any atom is -0.368 e. The van der Waals surface area contributed by atoms with Gasteiger partial charge >= 0.3 is 0 Å². The number of carbonyl (C=O) groups excluding carboxylic acids is 2. The molecule has 2 aliphatic carbocycles. The molecule has 5 rings (SSSR count). The molecule has 2 saturated carbocycles. The number of fused-ring (bicyclic) bond motifs is 1. The van der Waals surface area contributed by atoms with Crippen LogP contribution in [0.25, 0.3) is 11.0 Å². The zero-order chi connectivity index (χ0) is 23.3. The Morgan fingerprint density at radius 2 is 1.62 bits per heavy atom.